The second-order valence-corrected chi connectivity index (χ2v) is 13.0. The number of hydrogen-bond donors (Lipinski definition) is 0. The summed E-state index contributed by atoms with van der Waals surface area (Å²) in [5.74, 6) is -0.144. The molecule has 0 saturated carbocycles. The van der Waals surface area contributed by atoms with E-state index in [0.29, 0.717) is 30.9 Å². The van der Waals surface area contributed by atoms with Gasteiger partial charge in [0.15, 0.2) is 11.2 Å². The zero-order chi connectivity index (χ0) is 33.6. The quantitative estimate of drug-likeness (QED) is 0.0402. The highest BCUT2D eigenvalue weighted by molar-refractivity contribution is 5.77. The van der Waals surface area contributed by atoms with Gasteiger partial charge < -0.3 is 9.30 Å². The third kappa shape index (κ3) is 13.0. The first kappa shape index (κ1) is 39.7. The molecule has 2 aromatic rings. The Kier molecular flexibility index (Phi) is 19.8. The molecule has 0 N–H and O–H groups in total. The van der Waals surface area contributed by atoms with Crippen molar-refractivity contribution < 1.29 is 19.3 Å². The molecule has 0 aliphatic carbocycles. The van der Waals surface area contributed by atoms with E-state index in [1.165, 1.54) is 54.1 Å². The van der Waals surface area contributed by atoms with Crippen LogP contribution in [0.2, 0.25) is 0 Å². The first-order valence-corrected chi connectivity index (χ1v) is 18.3. The summed E-state index contributed by atoms with van der Waals surface area (Å²) in [7, 11) is 3.44. The third-order valence-corrected chi connectivity index (χ3v) is 9.24. The summed E-state index contributed by atoms with van der Waals surface area (Å²) in [5.41, 5.74) is -0.315. The molecule has 0 spiro atoms. The summed E-state index contributed by atoms with van der Waals surface area (Å²) in [5, 5.41) is 0. The molecule has 2 aromatic heterocycles. The number of hydrogen-bond acceptors (Lipinski definition) is 7. The maximum absolute atomic E-state index is 13.2. The second-order valence-electron chi connectivity index (χ2n) is 13.0. The Labute approximate surface area is 277 Å². The molecule has 0 bridgehead atoms. The van der Waals surface area contributed by atoms with Gasteiger partial charge in [0.2, 0.25) is 0 Å². The minimum Gasteiger partial charge on any atom is -0.465 e. The van der Waals surface area contributed by atoms with Crippen LogP contribution in [0.5, 0.6) is 0 Å². The highest BCUT2D eigenvalue weighted by Gasteiger charge is 2.39. The highest BCUT2D eigenvalue weighted by Crippen LogP contribution is 2.34. The normalized spacial score (nSPS) is 13.0. The molecule has 0 aromatic carbocycles. The van der Waals surface area contributed by atoms with Gasteiger partial charge in [-0.3, -0.25) is 18.7 Å². The minimum absolute atomic E-state index is 0.144. The molecule has 0 radical (unpaired) electrons. The molecule has 0 aliphatic heterocycles. The number of fused-ring (bicyclic) bond motifs is 1. The molecule has 2 heterocycles. The van der Waals surface area contributed by atoms with Gasteiger partial charge in [-0.1, -0.05) is 116 Å². The number of carbonyl (C=O) groups excluding carboxylic acids is 1. The van der Waals surface area contributed by atoms with Gasteiger partial charge in [0.1, 0.15) is 0 Å². The fraction of sp³-hybridized carbons (Fsp3) is 0.833. The van der Waals surface area contributed by atoms with E-state index >= 15 is 0 Å². The Hall–Kier alpha value is -2.46. The van der Waals surface area contributed by atoms with Crippen molar-refractivity contribution in [3.05, 3.63) is 27.2 Å². The SMILES string of the molecule is CCCCCCCCCCCC(CCCCCCCCCCCn1c(=O)c2c(ncn2C)n(C)c1=O)(COOCC)C(=O)OCC. The van der Waals surface area contributed by atoms with Crippen molar-refractivity contribution in [2.75, 3.05) is 19.8 Å². The lowest BCUT2D eigenvalue weighted by atomic mass is 9.78. The Bertz CT molecular complexity index is 1240. The first-order valence-electron chi connectivity index (χ1n) is 18.3. The van der Waals surface area contributed by atoms with Crippen molar-refractivity contribution in [3.8, 4) is 0 Å². The summed E-state index contributed by atoms with van der Waals surface area (Å²) >= 11 is 0. The standard InChI is InChI=1S/C36H64N4O6/c1-6-9-10-11-12-14-17-20-23-26-36(29-46-45-8-3,34(42)44-7-2)27-24-21-18-15-13-16-19-22-25-28-40-33(41)31-32(37-30-38(31)4)39(5)35(40)43/h30H,6-29H2,1-5H3. The van der Waals surface area contributed by atoms with E-state index in [-0.39, 0.29) is 23.8 Å². The Morgan fingerprint density at radius 3 is 1.76 bits per heavy atom. The number of imidazole rings is 1. The number of esters is 1. The van der Waals surface area contributed by atoms with Gasteiger partial charge >= 0.3 is 11.7 Å². The maximum atomic E-state index is 13.2. The fourth-order valence-corrected chi connectivity index (χ4v) is 6.39. The molecule has 0 saturated heterocycles. The van der Waals surface area contributed by atoms with Crippen LogP contribution in [0, 0.1) is 5.41 Å². The molecular formula is C36H64N4O6. The number of aromatic nitrogens is 4. The molecule has 1 atom stereocenters. The molecule has 2 rings (SSSR count). The lowest BCUT2D eigenvalue weighted by Gasteiger charge is -2.31. The molecule has 10 heteroatoms. The lowest BCUT2D eigenvalue weighted by Crippen LogP contribution is -2.39. The van der Waals surface area contributed by atoms with Crippen LogP contribution >= 0.6 is 0 Å². The van der Waals surface area contributed by atoms with E-state index in [2.05, 4.69) is 11.9 Å². The third-order valence-electron chi connectivity index (χ3n) is 9.24. The summed E-state index contributed by atoms with van der Waals surface area (Å²) < 4.78 is 10.0. The zero-order valence-electron chi connectivity index (χ0n) is 29.8. The van der Waals surface area contributed by atoms with Gasteiger partial charge in [-0.05, 0) is 33.1 Å². The monoisotopic (exact) mass is 648 g/mol. The Balaban J connectivity index is 1.70. The summed E-state index contributed by atoms with van der Waals surface area (Å²) in [6.45, 7) is 7.52. The van der Waals surface area contributed by atoms with Crippen molar-refractivity contribution >= 4 is 17.1 Å². The number of aryl methyl sites for hydroxylation is 2. The Morgan fingerprint density at radius 2 is 1.24 bits per heavy atom. The van der Waals surface area contributed by atoms with E-state index in [9.17, 15) is 14.4 Å². The number of carbonyl (C=O) groups is 1. The molecular weight excluding hydrogens is 584 g/mol. The lowest BCUT2D eigenvalue weighted by molar-refractivity contribution is -0.307. The fourth-order valence-electron chi connectivity index (χ4n) is 6.39. The van der Waals surface area contributed by atoms with E-state index in [1.54, 1.807) is 25.0 Å². The van der Waals surface area contributed by atoms with Crippen LogP contribution in [0.15, 0.2) is 15.9 Å². The van der Waals surface area contributed by atoms with Crippen molar-refractivity contribution in [2.45, 2.75) is 156 Å². The molecule has 264 valence electrons. The molecule has 0 aliphatic rings. The van der Waals surface area contributed by atoms with Crippen LogP contribution in [0.4, 0.5) is 0 Å². The van der Waals surface area contributed by atoms with Crippen LogP contribution in [0.3, 0.4) is 0 Å². The van der Waals surface area contributed by atoms with Crippen molar-refractivity contribution in [2.24, 2.45) is 19.5 Å². The van der Waals surface area contributed by atoms with E-state index in [1.807, 2.05) is 13.8 Å². The molecule has 10 nitrogen and oxygen atoms in total. The first-order chi connectivity index (χ1) is 22.3. The van der Waals surface area contributed by atoms with Crippen LogP contribution < -0.4 is 11.2 Å². The van der Waals surface area contributed by atoms with Crippen molar-refractivity contribution in [3.63, 3.8) is 0 Å². The van der Waals surface area contributed by atoms with E-state index in [4.69, 9.17) is 14.5 Å². The van der Waals surface area contributed by atoms with Crippen molar-refractivity contribution in [1.29, 1.82) is 0 Å². The highest BCUT2D eigenvalue weighted by atomic mass is 17.2. The van der Waals surface area contributed by atoms with Gasteiger partial charge in [-0.15, -0.1) is 0 Å². The smallest absolute Gasteiger partial charge is 0.332 e. The van der Waals surface area contributed by atoms with E-state index < -0.39 is 5.41 Å². The van der Waals surface area contributed by atoms with Crippen LogP contribution in [0.1, 0.15) is 149 Å². The van der Waals surface area contributed by atoms with Gasteiger partial charge in [0.05, 0.1) is 31.6 Å². The summed E-state index contributed by atoms with van der Waals surface area (Å²) in [6, 6.07) is 0. The summed E-state index contributed by atoms with van der Waals surface area (Å²) in [4.78, 5) is 53.7. The predicted octanol–water partition coefficient (Wildman–Crippen LogP) is 7.77. The summed E-state index contributed by atoms with van der Waals surface area (Å²) in [6.07, 6.45) is 23.9. The largest absolute Gasteiger partial charge is 0.465 e. The van der Waals surface area contributed by atoms with Crippen LogP contribution in [0.25, 0.3) is 11.2 Å². The van der Waals surface area contributed by atoms with Gasteiger partial charge in [-0.2, -0.15) is 0 Å². The predicted molar refractivity (Wildman–Crippen MR) is 185 cm³/mol. The molecule has 1 unspecified atom stereocenters. The van der Waals surface area contributed by atoms with Crippen molar-refractivity contribution in [1.82, 2.24) is 18.7 Å². The van der Waals surface area contributed by atoms with Gasteiger partial charge in [0, 0.05) is 20.6 Å². The average molecular weight is 649 g/mol. The molecule has 46 heavy (non-hydrogen) atoms. The molecule has 0 amide bonds. The van der Waals surface area contributed by atoms with Crippen LogP contribution in [-0.2, 0) is 39.9 Å². The number of ether oxygens (including phenoxy) is 1. The zero-order valence-corrected chi connectivity index (χ0v) is 29.8. The number of nitrogens with zero attached hydrogens (tertiary/aromatic N) is 4. The topological polar surface area (TPSA) is 107 Å². The number of rotatable bonds is 28. The second kappa shape index (κ2) is 23.0. The van der Waals surface area contributed by atoms with Gasteiger partial charge in [0.25, 0.3) is 5.56 Å². The van der Waals surface area contributed by atoms with E-state index in [0.717, 1.165) is 83.5 Å². The average Bonchev–Trinajstić information content (AvgIpc) is 3.44. The maximum Gasteiger partial charge on any atom is 0.332 e. The Morgan fingerprint density at radius 1 is 0.717 bits per heavy atom. The minimum atomic E-state index is -0.642. The van der Waals surface area contributed by atoms with Gasteiger partial charge in [-0.25, -0.2) is 19.6 Å². The number of unbranched alkanes of at least 4 members (excludes halogenated alkanes) is 16. The van der Waals surface area contributed by atoms with Crippen LogP contribution in [-0.4, -0.2) is 44.5 Å². The molecule has 0 fully saturated rings.